The van der Waals surface area contributed by atoms with E-state index in [0.29, 0.717) is 13.2 Å². The van der Waals surface area contributed by atoms with Crippen molar-refractivity contribution in [2.75, 3.05) is 19.8 Å². The van der Waals surface area contributed by atoms with E-state index in [9.17, 15) is 5.11 Å². The van der Waals surface area contributed by atoms with Gasteiger partial charge in [-0.1, -0.05) is 13.0 Å². The molecule has 0 spiro atoms. The van der Waals surface area contributed by atoms with Crippen LogP contribution in [-0.4, -0.2) is 24.9 Å². The topological polar surface area (TPSA) is 38.7 Å². The second kappa shape index (κ2) is 4.11. The molecule has 1 aliphatic rings. The van der Waals surface area contributed by atoms with E-state index in [4.69, 9.17) is 9.47 Å². The van der Waals surface area contributed by atoms with Crippen LogP contribution in [0.2, 0.25) is 0 Å². The van der Waals surface area contributed by atoms with Crippen LogP contribution < -0.4 is 9.47 Å². The van der Waals surface area contributed by atoms with Crippen molar-refractivity contribution in [1.29, 1.82) is 0 Å². The Balaban J connectivity index is 2.47. The molecule has 0 saturated carbocycles. The molecule has 1 heterocycles. The molecule has 0 radical (unpaired) electrons. The van der Waals surface area contributed by atoms with Gasteiger partial charge < -0.3 is 14.6 Å². The zero-order chi connectivity index (χ0) is 10.8. The molecule has 2 rings (SSSR count). The Labute approximate surface area is 89.6 Å². The van der Waals surface area contributed by atoms with Crippen molar-refractivity contribution < 1.29 is 14.6 Å². The van der Waals surface area contributed by atoms with Gasteiger partial charge in [-0.2, -0.15) is 0 Å². The number of hydrogen-bond donors (Lipinski definition) is 1. The van der Waals surface area contributed by atoms with Gasteiger partial charge in [0.05, 0.1) is 0 Å². The number of ether oxygens (including phenoxy) is 2. The molecule has 1 aromatic carbocycles. The van der Waals surface area contributed by atoms with Gasteiger partial charge in [0, 0.05) is 18.1 Å². The van der Waals surface area contributed by atoms with Crippen LogP contribution in [0.15, 0.2) is 12.1 Å². The van der Waals surface area contributed by atoms with Crippen LogP contribution in [-0.2, 0) is 0 Å². The predicted octanol–water partition coefficient (Wildman–Crippen LogP) is 1.86. The molecule has 15 heavy (non-hydrogen) atoms. The van der Waals surface area contributed by atoms with Gasteiger partial charge in [-0.15, -0.1) is 0 Å². The van der Waals surface area contributed by atoms with Crippen LogP contribution in [0.25, 0.3) is 0 Å². The fourth-order valence-electron chi connectivity index (χ4n) is 1.79. The third-order valence-electron chi connectivity index (χ3n) is 2.62. The number of aryl methyl sites for hydroxylation is 1. The summed E-state index contributed by atoms with van der Waals surface area (Å²) < 4.78 is 11.1. The van der Waals surface area contributed by atoms with Crippen LogP contribution in [0.3, 0.4) is 0 Å². The smallest absolute Gasteiger partial charge is 0.164 e. The average molecular weight is 208 g/mol. The van der Waals surface area contributed by atoms with Crippen LogP contribution in [0.5, 0.6) is 11.5 Å². The molecule has 1 unspecified atom stereocenters. The molecule has 3 heteroatoms. The Morgan fingerprint density at radius 2 is 2.07 bits per heavy atom. The van der Waals surface area contributed by atoms with Gasteiger partial charge in [0.2, 0.25) is 0 Å². The van der Waals surface area contributed by atoms with E-state index in [0.717, 1.165) is 22.6 Å². The van der Waals surface area contributed by atoms with Gasteiger partial charge >= 0.3 is 0 Å². The molecule has 0 amide bonds. The lowest BCUT2D eigenvalue weighted by atomic mass is 9.98. The van der Waals surface area contributed by atoms with Crippen molar-refractivity contribution in [1.82, 2.24) is 0 Å². The summed E-state index contributed by atoms with van der Waals surface area (Å²) in [6.07, 6.45) is 0. The lowest BCUT2D eigenvalue weighted by Crippen LogP contribution is -2.17. The van der Waals surface area contributed by atoms with E-state index in [-0.39, 0.29) is 12.5 Å². The van der Waals surface area contributed by atoms with Crippen molar-refractivity contribution in [3.05, 3.63) is 23.3 Å². The van der Waals surface area contributed by atoms with Crippen molar-refractivity contribution in [2.24, 2.45) is 0 Å². The monoisotopic (exact) mass is 208 g/mol. The summed E-state index contributed by atoms with van der Waals surface area (Å²) in [6.45, 7) is 5.31. The third kappa shape index (κ3) is 1.92. The van der Waals surface area contributed by atoms with Crippen LogP contribution >= 0.6 is 0 Å². The summed E-state index contributed by atoms with van der Waals surface area (Å²) in [5.41, 5.74) is 2.17. The fraction of sp³-hybridized carbons (Fsp3) is 0.500. The number of benzene rings is 1. The lowest BCUT2D eigenvalue weighted by molar-refractivity contribution is 0.167. The Hall–Kier alpha value is -1.22. The largest absolute Gasteiger partial charge is 0.486 e. The van der Waals surface area contributed by atoms with Crippen molar-refractivity contribution in [3.8, 4) is 11.5 Å². The maximum absolute atomic E-state index is 9.18. The quantitative estimate of drug-likeness (QED) is 0.806. The van der Waals surface area contributed by atoms with Crippen molar-refractivity contribution in [2.45, 2.75) is 19.8 Å². The number of hydrogen-bond acceptors (Lipinski definition) is 3. The lowest BCUT2D eigenvalue weighted by Gasteiger charge is -2.23. The highest BCUT2D eigenvalue weighted by molar-refractivity contribution is 5.51. The highest BCUT2D eigenvalue weighted by Crippen LogP contribution is 2.38. The van der Waals surface area contributed by atoms with Gasteiger partial charge in [0.1, 0.15) is 13.2 Å². The summed E-state index contributed by atoms with van der Waals surface area (Å²) in [7, 11) is 0. The van der Waals surface area contributed by atoms with E-state index >= 15 is 0 Å². The van der Waals surface area contributed by atoms with E-state index in [1.165, 1.54) is 0 Å². The van der Waals surface area contributed by atoms with Gasteiger partial charge in [-0.05, 0) is 18.6 Å². The Kier molecular flexibility index (Phi) is 2.82. The summed E-state index contributed by atoms with van der Waals surface area (Å²) in [5.74, 6) is 1.69. The Bertz CT molecular complexity index is 360. The van der Waals surface area contributed by atoms with E-state index < -0.39 is 0 Å². The molecule has 1 N–H and O–H groups in total. The molecule has 1 atom stereocenters. The molecule has 0 saturated heterocycles. The summed E-state index contributed by atoms with van der Waals surface area (Å²) in [5, 5.41) is 9.18. The number of aliphatic hydroxyl groups excluding tert-OH is 1. The van der Waals surface area contributed by atoms with Crippen molar-refractivity contribution in [3.63, 3.8) is 0 Å². The van der Waals surface area contributed by atoms with E-state index in [2.05, 4.69) is 6.07 Å². The summed E-state index contributed by atoms with van der Waals surface area (Å²) >= 11 is 0. The van der Waals surface area contributed by atoms with Gasteiger partial charge in [-0.25, -0.2) is 0 Å². The minimum atomic E-state index is 0.0837. The molecule has 0 bridgehead atoms. The highest BCUT2D eigenvalue weighted by atomic mass is 16.6. The number of rotatable bonds is 2. The van der Waals surface area contributed by atoms with Crippen LogP contribution in [0, 0.1) is 6.92 Å². The zero-order valence-corrected chi connectivity index (χ0v) is 9.12. The first-order valence-corrected chi connectivity index (χ1v) is 5.23. The van der Waals surface area contributed by atoms with E-state index in [1.807, 2.05) is 19.9 Å². The average Bonchev–Trinajstić information content (AvgIpc) is 2.26. The summed E-state index contributed by atoms with van der Waals surface area (Å²) in [4.78, 5) is 0. The fourth-order valence-corrected chi connectivity index (χ4v) is 1.79. The molecule has 3 nitrogen and oxygen atoms in total. The number of aliphatic hydroxyl groups is 1. The number of fused-ring (bicyclic) bond motifs is 1. The zero-order valence-electron chi connectivity index (χ0n) is 9.12. The maximum atomic E-state index is 9.18. The first-order chi connectivity index (χ1) is 7.22. The standard InChI is InChI=1S/C12H16O3/c1-8-5-10(9(2)7-13)12-11(6-8)14-3-4-15-12/h5-6,9,13H,3-4,7H2,1-2H3. The molecule has 0 aromatic heterocycles. The molecule has 1 aliphatic heterocycles. The molecule has 0 fully saturated rings. The first-order valence-electron chi connectivity index (χ1n) is 5.23. The molecular weight excluding hydrogens is 192 g/mol. The Morgan fingerprint density at radius 1 is 1.33 bits per heavy atom. The maximum Gasteiger partial charge on any atom is 0.164 e. The Morgan fingerprint density at radius 3 is 2.80 bits per heavy atom. The van der Waals surface area contributed by atoms with Gasteiger partial charge in [0.15, 0.2) is 11.5 Å². The van der Waals surface area contributed by atoms with Gasteiger partial charge in [-0.3, -0.25) is 0 Å². The van der Waals surface area contributed by atoms with Crippen molar-refractivity contribution >= 4 is 0 Å². The second-order valence-corrected chi connectivity index (χ2v) is 3.96. The minimum absolute atomic E-state index is 0.0837. The van der Waals surface area contributed by atoms with E-state index in [1.54, 1.807) is 0 Å². The first kappa shape index (κ1) is 10.3. The predicted molar refractivity (Wildman–Crippen MR) is 57.7 cm³/mol. The van der Waals surface area contributed by atoms with Crippen LogP contribution in [0.1, 0.15) is 24.0 Å². The molecule has 0 aliphatic carbocycles. The second-order valence-electron chi connectivity index (χ2n) is 3.96. The third-order valence-corrected chi connectivity index (χ3v) is 2.62. The minimum Gasteiger partial charge on any atom is -0.486 e. The van der Waals surface area contributed by atoms with Gasteiger partial charge in [0.25, 0.3) is 0 Å². The molecule has 1 aromatic rings. The normalized spacial score (nSPS) is 16.2. The molecular formula is C12H16O3. The SMILES string of the molecule is Cc1cc2c(c(C(C)CO)c1)OCCO2. The molecule has 82 valence electrons. The van der Waals surface area contributed by atoms with Crippen LogP contribution in [0.4, 0.5) is 0 Å². The summed E-state index contributed by atoms with van der Waals surface area (Å²) in [6, 6.07) is 4.02. The highest BCUT2D eigenvalue weighted by Gasteiger charge is 2.19.